The SMILES string of the molecule is COc1cccc2c(N3CCS(=O)(=O)C(C)C3)cc(C)nc12. The number of hydrogen-bond acceptors (Lipinski definition) is 5. The van der Waals surface area contributed by atoms with Crippen LogP contribution in [-0.4, -0.2) is 44.6 Å². The third-order valence-electron chi connectivity index (χ3n) is 4.21. The highest BCUT2D eigenvalue weighted by Gasteiger charge is 2.30. The molecule has 6 heteroatoms. The average Bonchev–Trinajstić information content (AvgIpc) is 2.48. The van der Waals surface area contributed by atoms with Gasteiger partial charge in [-0.3, -0.25) is 0 Å². The van der Waals surface area contributed by atoms with Crippen LogP contribution in [0.15, 0.2) is 24.3 Å². The van der Waals surface area contributed by atoms with Gasteiger partial charge in [-0.1, -0.05) is 12.1 Å². The summed E-state index contributed by atoms with van der Waals surface area (Å²) in [5, 5.41) is 0.645. The predicted octanol–water partition coefficient (Wildman–Crippen LogP) is 2.18. The Labute approximate surface area is 130 Å². The Balaban J connectivity index is 2.12. The lowest BCUT2D eigenvalue weighted by Crippen LogP contribution is -2.45. The van der Waals surface area contributed by atoms with Crippen LogP contribution in [0.5, 0.6) is 5.75 Å². The van der Waals surface area contributed by atoms with Crippen molar-refractivity contribution in [3.8, 4) is 5.75 Å². The zero-order valence-electron chi connectivity index (χ0n) is 13.0. The van der Waals surface area contributed by atoms with Gasteiger partial charge < -0.3 is 9.64 Å². The van der Waals surface area contributed by atoms with Crippen LogP contribution in [0.1, 0.15) is 12.6 Å². The molecule has 1 aliphatic rings. The Bertz CT molecular complexity index is 817. The first-order chi connectivity index (χ1) is 10.4. The van der Waals surface area contributed by atoms with E-state index in [-0.39, 0.29) is 11.0 Å². The topological polar surface area (TPSA) is 59.5 Å². The molecule has 1 aliphatic heterocycles. The zero-order valence-corrected chi connectivity index (χ0v) is 13.9. The number of hydrogen-bond donors (Lipinski definition) is 0. The lowest BCUT2D eigenvalue weighted by molar-refractivity contribution is 0.419. The number of ether oxygens (including phenoxy) is 1. The van der Waals surface area contributed by atoms with Gasteiger partial charge in [-0.05, 0) is 26.0 Å². The molecule has 1 unspecified atom stereocenters. The number of nitrogens with zero attached hydrogens (tertiary/aromatic N) is 2. The molecule has 118 valence electrons. The van der Waals surface area contributed by atoms with Gasteiger partial charge in [-0.15, -0.1) is 0 Å². The molecule has 1 atom stereocenters. The van der Waals surface area contributed by atoms with Crippen molar-refractivity contribution in [2.75, 3.05) is 30.9 Å². The van der Waals surface area contributed by atoms with E-state index in [0.29, 0.717) is 13.1 Å². The highest BCUT2D eigenvalue weighted by Crippen LogP contribution is 2.33. The highest BCUT2D eigenvalue weighted by molar-refractivity contribution is 7.92. The first-order valence-electron chi connectivity index (χ1n) is 7.33. The number of sulfone groups is 1. The van der Waals surface area contributed by atoms with Crippen LogP contribution in [0, 0.1) is 6.92 Å². The molecule has 22 heavy (non-hydrogen) atoms. The molecule has 0 aliphatic carbocycles. The second kappa shape index (κ2) is 5.43. The summed E-state index contributed by atoms with van der Waals surface area (Å²) < 4.78 is 29.3. The zero-order chi connectivity index (χ0) is 15.9. The first-order valence-corrected chi connectivity index (χ1v) is 9.05. The predicted molar refractivity (Wildman–Crippen MR) is 88.5 cm³/mol. The van der Waals surface area contributed by atoms with E-state index in [4.69, 9.17) is 4.74 Å². The molecule has 0 bridgehead atoms. The number of para-hydroxylation sites is 1. The highest BCUT2D eigenvalue weighted by atomic mass is 32.2. The quantitative estimate of drug-likeness (QED) is 0.849. The van der Waals surface area contributed by atoms with Gasteiger partial charge in [0.05, 0.1) is 18.1 Å². The Kier molecular flexibility index (Phi) is 3.72. The molecule has 1 saturated heterocycles. The van der Waals surface area contributed by atoms with E-state index in [9.17, 15) is 8.42 Å². The fourth-order valence-electron chi connectivity index (χ4n) is 2.93. The normalized spacial score (nSPS) is 21.0. The van der Waals surface area contributed by atoms with Crippen molar-refractivity contribution in [3.05, 3.63) is 30.0 Å². The first kappa shape index (κ1) is 15.1. The minimum atomic E-state index is -2.96. The fourth-order valence-corrected chi connectivity index (χ4v) is 4.21. The smallest absolute Gasteiger partial charge is 0.156 e. The van der Waals surface area contributed by atoms with E-state index in [1.807, 2.05) is 31.2 Å². The maximum Gasteiger partial charge on any atom is 0.156 e. The number of fused-ring (bicyclic) bond motifs is 1. The van der Waals surface area contributed by atoms with Crippen LogP contribution in [0.3, 0.4) is 0 Å². The molecule has 2 heterocycles. The Morgan fingerprint density at radius 2 is 2.14 bits per heavy atom. The monoisotopic (exact) mass is 320 g/mol. The van der Waals surface area contributed by atoms with Crippen LogP contribution >= 0.6 is 0 Å². The summed E-state index contributed by atoms with van der Waals surface area (Å²) in [6.07, 6.45) is 0. The van der Waals surface area contributed by atoms with Crippen LogP contribution in [0.25, 0.3) is 10.9 Å². The Hall–Kier alpha value is -1.82. The standard InChI is InChI=1S/C16H20N2O3S/c1-11-9-14(18-7-8-22(19,20)12(2)10-18)13-5-4-6-15(21-3)16(13)17-11/h4-6,9,12H,7-8,10H2,1-3H3. The maximum absolute atomic E-state index is 11.9. The molecule has 1 aromatic carbocycles. The number of methoxy groups -OCH3 is 1. The van der Waals surface area contributed by atoms with Crippen LogP contribution in [0.4, 0.5) is 5.69 Å². The van der Waals surface area contributed by atoms with Crippen molar-refractivity contribution < 1.29 is 13.2 Å². The number of aryl methyl sites for hydroxylation is 1. The number of pyridine rings is 1. The van der Waals surface area contributed by atoms with Crippen LogP contribution in [0.2, 0.25) is 0 Å². The van der Waals surface area contributed by atoms with E-state index in [1.54, 1.807) is 14.0 Å². The lowest BCUT2D eigenvalue weighted by Gasteiger charge is -2.33. The summed E-state index contributed by atoms with van der Waals surface area (Å²) in [5.74, 6) is 0.932. The molecular formula is C16H20N2O3S. The van der Waals surface area contributed by atoms with Crippen LogP contribution < -0.4 is 9.64 Å². The van der Waals surface area contributed by atoms with E-state index >= 15 is 0 Å². The minimum absolute atomic E-state index is 0.195. The van der Waals surface area contributed by atoms with Gasteiger partial charge >= 0.3 is 0 Å². The fraction of sp³-hybridized carbons (Fsp3) is 0.438. The third kappa shape index (κ3) is 2.52. The summed E-state index contributed by atoms with van der Waals surface area (Å²) >= 11 is 0. The maximum atomic E-state index is 11.9. The Morgan fingerprint density at radius 1 is 1.36 bits per heavy atom. The molecule has 2 aromatic rings. The lowest BCUT2D eigenvalue weighted by atomic mass is 10.1. The van der Waals surface area contributed by atoms with Crippen LogP contribution in [-0.2, 0) is 9.84 Å². The van der Waals surface area contributed by atoms with Crippen molar-refractivity contribution >= 4 is 26.4 Å². The van der Waals surface area contributed by atoms with Crippen molar-refractivity contribution in [2.24, 2.45) is 0 Å². The van der Waals surface area contributed by atoms with Crippen molar-refractivity contribution in [3.63, 3.8) is 0 Å². The summed E-state index contributed by atoms with van der Waals surface area (Å²) in [5.41, 5.74) is 2.75. The molecule has 0 saturated carbocycles. The van der Waals surface area contributed by atoms with E-state index < -0.39 is 9.84 Å². The largest absolute Gasteiger partial charge is 0.494 e. The van der Waals surface area contributed by atoms with Gasteiger partial charge in [0.2, 0.25) is 0 Å². The summed E-state index contributed by atoms with van der Waals surface area (Å²) in [6, 6.07) is 7.85. The van der Waals surface area contributed by atoms with Gasteiger partial charge in [-0.2, -0.15) is 0 Å². The van der Waals surface area contributed by atoms with Gasteiger partial charge in [0.25, 0.3) is 0 Å². The number of benzene rings is 1. The minimum Gasteiger partial charge on any atom is -0.494 e. The third-order valence-corrected chi connectivity index (χ3v) is 6.33. The van der Waals surface area contributed by atoms with E-state index in [0.717, 1.165) is 28.0 Å². The molecule has 0 spiro atoms. The van der Waals surface area contributed by atoms with Crippen molar-refractivity contribution in [2.45, 2.75) is 19.1 Å². The average molecular weight is 320 g/mol. The van der Waals surface area contributed by atoms with Crippen molar-refractivity contribution in [1.29, 1.82) is 0 Å². The Morgan fingerprint density at radius 3 is 2.82 bits per heavy atom. The molecule has 0 radical (unpaired) electrons. The molecule has 5 nitrogen and oxygen atoms in total. The van der Waals surface area contributed by atoms with Gasteiger partial charge in [0, 0.05) is 29.9 Å². The van der Waals surface area contributed by atoms with E-state index in [1.165, 1.54) is 0 Å². The second-order valence-electron chi connectivity index (χ2n) is 5.76. The number of rotatable bonds is 2. The molecule has 3 rings (SSSR count). The second-order valence-corrected chi connectivity index (χ2v) is 8.30. The summed E-state index contributed by atoms with van der Waals surface area (Å²) in [6.45, 7) is 4.75. The number of anilines is 1. The number of aromatic nitrogens is 1. The summed E-state index contributed by atoms with van der Waals surface area (Å²) in [7, 11) is -1.33. The van der Waals surface area contributed by atoms with Crippen molar-refractivity contribution in [1.82, 2.24) is 4.98 Å². The molecular weight excluding hydrogens is 300 g/mol. The molecule has 0 N–H and O–H groups in total. The van der Waals surface area contributed by atoms with E-state index in [2.05, 4.69) is 9.88 Å². The van der Waals surface area contributed by atoms with Gasteiger partial charge in [0.15, 0.2) is 9.84 Å². The summed E-state index contributed by atoms with van der Waals surface area (Å²) in [4.78, 5) is 6.72. The molecule has 0 amide bonds. The van der Waals surface area contributed by atoms with Gasteiger partial charge in [0.1, 0.15) is 11.3 Å². The van der Waals surface area contributed by atoms with Gasteiger partial charge in [-0.25, -0.2) is 13.4 Å². The molecule has 1 aromatic heterocycles. The molecule has 1 fully saturated rings.